The van der Waals surface area contributed by atoms with Crippen molar-refractivity contribution < 1.29 is 14.3 Å². The number of hydrogen-bond acceptors (Lipinski definition) is 7. The van der Waals surface area contributed by atoms with E-state index in [4.69, 9.17) is 33.7 Å². The molecule has 0 spiro atoms. The first-order valence-electron chi connectivity index (χ1n) is 8.83. The fourth-order valence-electron chi connectivity index (χ4n) is 2.79. The molecule has 0 saturated carbocycles. The molecule has 29 heavy (non-hydrogen) atoms. The maximum Gasteiger partial charge on any atom is 0.268 e. The monoisotopic (exact) mass is 474 g/mol. The van der Waals surface area contributed by atoms with Gasteiger partial charge in [-0.3, -0.25) is 14.5 Å². The number of nitrogens with two attached hydrogens (primary N) is 1. The molecule has 2 heterocycles. The zero-order valence-electron chi connectivity index (χ0n) is 15.4. The van der Waals surface area contributed by atoms with Gasteiger partial charge in [-0.15, -0.1) is 11.3 Å². The van der Waals surface area contributed by atoms with Crippen molar-refractivity contribution in [2.75, 3.05) is 32.0 Å². The molecule has 0 bridgehead atoms. The van der Waals surface area contributed by atoms with Gasteiger partial charge in [0, 0.05) is 31.6 Å². The fourth-order valence-corrected chi connectivity index (χ4v) is 4.75. The van der Waals surface area contributed by atoms with E-state index in [1.807, 2.05) is 12.1 Å². The maximum atomic E-state index is 12.1. The van der Waals surface area contributed by atoms with Crippen molar-refractivity contribution in [1.82, 2.24) is 15.2 Å². The number of carbonyl (C=O) groups is 2. The molecule has 1 atom stereocenters. The summed E-state index contributed by atoms with van der Waals surface area (Å²) in [7, 11) is 0. The third kappa shape index (κ3) is 6.84. The molecule has 2 aromatic rings. The predicted octanol–water partition coefficient (Wildman–Crippen LogP) is 2.66. The van der Waals surface area contributed by atoms with Crippen LogP contribution in [0.5, 0.6) is 0 Å². The topological polar surface area (TPSA) is 97.5 Å². The number of rotatable bonds is 8. The molecule has 11 heteroatoms. The summed E-state index contributed by atoms with van der Waals surface area (Å²) in [6, 6.07) is 5.62. The largest absolute Gasteiger partial charge is 0.374 e. The van der Waals surface area contributed by atoms with Gasteiger partial charge in [-0.05, 0) is 17.7 Å². The number of nitrogens with zero attached hydrogens (tertiary/aromatic N) is 2. The highest BCUT2D eigenvalue weighted by molar-refractivity contribution is 8.01. The third-order valence-corrected chi connectivity index (χ3v) is 6.96. The Morgan fingerprint density at radius 3 is 2.93 bits per heavy atom. The number of aromatic nitrogens is 1. The molecule has 1 aliphatic rings. The zero-order valence-corrected chi connectivity index (χ0v) is 18.5. The molecular formula is C18H20Cl2N4O3S2. The summed E-state index contributed by atoms with van der Waals surface area (Å²) in [4.78, 5) is 29.5. The number of benzene rings is 1. The van der Waals surface area contributed by atoms with Gasteiger partial charge in [-0.1, -0.05) is 41.0 Å². The van der Waals surface area contributed by atoms with Crippen LogP contribution in [0.15, 0.2) is 27.9 Å². The lowest BCUT2D eigenvalue weighted by molar-refractivity contribution is -0.119. The van der Waals surface area contributed by atoms with Gasteiger partial charge in [-0.25, -0.2) is 4.98 Å². The lowest BCUT2D eigenvalue weighted by Crippen LogP contribution is -2.47. The van der Waals surface area contributed by atoms with E-state index in [0.717, 1.165) is 18.7 Å². The second-order valence-corrected chi connectivity index (χ2v) is 9.33. The molecule has 1 saturated heterocycles. The first kappa shape index (κ1) is 22.3. The second-order valence-electron chi connectivity index (χ2n) is 6.43. The Bertz CT molecular complexity index is 881. The summed E-state index contributed by atoms with van der Waals surface area (Å²) in [5.74, 6) is -0.473. The van der Waals surface area contributed by atoms with Crippen LogP contribution in [0.25, 0.3) is 0 Å². The SMILES string of the molecule is NC(=O)c1csc(SCC(=O)NC[C@H]2CN(Cc3ccc(Cl)c(Cl)c3)CCO2)n1. The maximum absolute atomic E-state index is 12.1. The predicted molar refractivity (Wildman–Crippen MR) is 116 cm³/mol. The lowest BCUT2D eigenvalue weighted by atomic mass is 10.2. The van der Waals surface area contributed by atoms with Crippen molar-refractivity contribution in [3.63, 3.8) is 0 Å². The van der Waals surface area contributed by atoms with Gasteiger partial charge in [0.1, 0.15) is 5.69 Å². The molecule has 1 aromatic heterocycles. The van der Waals surface area contributed by atoms with E-state index in [1.54, 1.807) is 11.4 Å². The highest BCUT2D eigenvalue weighted by Gasteiger charge is 2.21. The minimum atomic E-state index is -0.572. The summed E-state index contributed by atoms with van der Waals surface area (Å²) < 4.78 is 6.39. The fraction of sp³-hybridized carbons (Fsp3) is 0.389. The molecule has 0 unspecified atom stereocenters. The van der Waals surface area contributed by atoms with Crippen LogP contribution in [-0.2, 0) is 16.1 Å². The van der Waals surface area contributed by atoms with Gasteiger partial charge in [0.25, 0.3) is 5.91 Å². The first-order valence-corrected chi connectivity index (χ1v) is 11.5. The quantitative estimate of drug-likeness (QED) is 0.570. The average molecular weight is 475 g/mol. The van der Waals surface area contributed by atoms with Crippen LogP contribution in [0, 0.1) is 0 Å². The van der Waals surface area contributed by atoms with E-state index in [9.17, 15) is 9.59 Å². The third-order valence-electron chi connectivity index (χ3n) is 4.20. The van der Waals surface area contributed by atoms with Crippen LogP contribution in [0.1, 0.15) is 16.1 Å². The molecule has 156 valence electrons. The molecule has 1 fully saturated rings. The number of nitrogens with one attached hydrogen (secondary N) is 1. The Morgan fingerprint density at radius 2 is 2.21 bits per heavy atom. The number of amides is 2. The number of thiazole rings is 1. The summed E-state index contributed by atoms with van der Waals surface area (Å²) in [6.45, 7) is 3.30. The van der Waals surface area contributed by atoms with Gasteiger partial charge in [-0.2, -0.15) is 0 Å². The number of carbonyl (C=O) groups excluding carboxylic acids is 2. The molecule has 7 nitrogen and oxygen atoms in total. The van der Waals surface area contributed by atoms with Crippen LogP contribution in [0.2, 0.25) is 10.0 Å². The van der Waals surface area contributed by atoms with Gasteiger partial charge in [0.2, 0.25) is 5.91 Å². The summed E-state index contributed by atoms with van der Waals surface area (Å²) >= 11 is 14.6. The van der Waals surface area contributed by atoms with Gasteiger partial charge >= 0.3 is 0 Å². The van der Waals surface area contributed by atoms with Crippen molar-refractivity contribution in [1.29, 1.82) is 0 Å². The van der Waals surface area contributed by atoms with Crippen LogP contribution < -0.4 is 11.1 Å². The number of morpholine rings is 1. The molecule has 1 aromatic carbocycles. The number of halogens is 2. The molecule has 3 N–H and O–H groups in total. The van der Waals surface area contributed by atoms with Crippen molar-refractivity contribution in [2.24, 2.45) is 5.73 Å². The minimum absolute atomic E-state index is 0.0817. The molecule has 3 rings (SSSR count). The smallest absolute Gasteiger partial charge is 0.268 e. The average Bonchev–Trinajstić information content (AvgIpc) is 3.17. The van der Waals surface area contributed by atoms with Crippen molar-refractivity contribution >= 4 is 58.1 Å². The van der Waals surface area contributed by atoms with Gasteiger partial charge in [0.15, 0.2) is 4.34 Å². The van der Waals surface area contributed by atoms with E-state index < -0.39 is 5.91 Å². The van der Waals surface area contributed by atoms with Crippen LogP contribution >= 0.6 is 46.3 Å². The normalized spacial score (nSPS) is 17.2. The first-order chi connectivity index (χ1) is 13.9. The zero-order chi connectivity index (χ0) is 20.8. The van der Waals surface area contributed by atoms with E-state index in [0.29, 0.717) is 34.1 Å². The van der Waals surface area contributed by atoms with Gasteiger partial charge in [0.05, 0.1) is 28.5 Å². The molecule has 0 aliphatic carbocycles. The van der Waals surface area contributed by atoms with Crippen LogP contribution in [0.3, 0.4) is 0 Å². The number of hydrogen-bond donors (Lipinski definition) is 2. The molecule has 1 aliphatic heterocycles. The summed E-state index contributed by atoms with van der Waals surface area (Å²) in [5.41, 5.74) is 6.47. The van der Waals surface area contributed by atoms with Gasteiger partial charge < -0.3 is 15.8 Å². The van der Waals surface area contributed by atoms with E-state index in [-0.39, 0.29) is 23.5 Å². The molecule has 0 radical (unpaired) electrons. The number of primary amides is 1. The highest BCUT2D eigenvalue weighted by atomic mass is 35.5. The number of thioether (sulfide) groups is 1. The Kier molecular flexibility index (Phi) is 8.16. The molecule has 2 amide bonds. The Hall–Kier alpha value is -1.36. The lowest BCUT2D eigenvalue weighted by Gasteiger charge is -2.33. The van der Waals surface area contributed by atoms with Crippen LogP contribution in [0.4, 0.5) is 0 Å². The Labute approximate surface area is 186 Å². The van der Waals surface area contributed by atoms with Crippen LogP contribution in [-0.4, -0.2) is 59.8 Å². The van der Waals surface area contributed by atoms with Crippen molar-refractivity contribution in [3.8, 4) is 0 Å². The van der Waals surface area contributed by atoms with Crippen molar-refractivity contribution in [2.45, 2.75) is 17.0 Å². The highest BCUT2D eigenvalue weighted by Crippen LogP contribution is 2.24. The Balaban J connectivity index is 1.40. The Morgan fingerprint density at radius 1 is 1.38 bits per heavy atom. The van der Waals surface area contributed by atoms with E-state index in [2.05, 4.69) is 15.2 Å². The van der Waals surface area contributed by atoms with Crippen molar-refractivity contribution in [3.05, 3.63) is 44.9 Å². The summed E-state index contributed by atoms with van der Waals surface area (Å²) in [6.07, 6.45) is -0.0817. The summed E-state index contributed by atoms with van der Waals surface area (Å²) in [5, 5.41) is 5.56. The standard InChI is InChI=1S/C18H20Cl2N4O3S2/c19-13-2-1-11(5-14(13)20)7-24-3-4-27-12(8-24)6-22-16(25)10-29-18-23-15(9-28-18)17(21)26/h1-2,5,9,12H,3-4,6-8,10H2,(H2,21,26)(H,22,25)/t12-/m0/s1. The second kappa shape index (κ2) is 10.6. The minimum Gasteiger partial charge on any atom is -0.374 e. The van der Waals surface area contributed by atoms with E-state index in [1.165, 1.54) is 23.1 Å². The van der Waals surface area contributed by atoms with E-state index >= 15 is 0 Å². The number of ether oxygens (including phenoxy) is 1. The molecular weight excluding hydrogens is 455 g/mol.